The van der Waals surface area contributed by atoms with Crippen molar-refractivity contribution in [3.8, 4) is 5.88 Å². The fourth-order valence-electron chi connectivity index (χ4n) is 6.07. The Labute approximate surface area is 237 Å². The molecule has 1 N–H and O–H groups in total. The van der Waals surface area contributed by atoms with Gasteiger partial charge in [0.15, 0.2) is 0 Å². The van der Waals surface area contributed by atoms with Crippen molar-refractivity contribution in [1.82, 2.24) is 14.0 Å². The summed E-state index contributed by atoms with van der Waals surface area (Å²) in [4.78, 5) is 54.4. The van der Waals surface area contributed by atoms with Crippen LogP contribution in [0.25, 0.3) is 0 Å². The Morgan fingerprint density at radius 2 is 1.44 bits per heavy atom. The van der Waals surface area contributed by atoms with E-state index in [9.17, 15) is 24.3 Å². The van der Waals surface area contributed by atoms with Crippen LogP contribution in [0.15, 0.2) is 38.0 Å². The van der Waals surface area contributed by atoms with Gasteiger partial charge in [0, 0.05) is 18.6 Å². The number of hydrogen-bond acceptors (Lipinski definition) is 7. The minimum Gasteiger partial charge on any atom is -0.493 e. The standard InChI is InChI=1S/C28H35N5O5.Cu/c1-17(2)16-31-24(34)20-14-9-15-21(22(20)25(31)35)29-30-23-26(36)32(18-10-5-3-6-11-18)28(38)33(27(23)37)19-12-7-4-8-13-19;/h9,14-15,17-19,36H,3-8,10-13,16H2,1-2H3;/q;+2. The molecule has 10 nitrogen and oxygen atoms in total. The van der Waals surface area contributed by atoms with E-state index in [0.29, 0.717) is 0 Å². The number of nitrogens with zero attached hydrogens (tertiary/aromatic N) is 5. The molecule has 2 fully saturated rings. The van der Waals surface area contributed by atoms with E-state index >= 15 is 0 Å². The van der Waals surface area contributed by atoms with Crippen molar-refractivity contribution < 1.29 is 31.8 Å². The third kappa shape index (κ3) is 5.39. The van der Waals surface area contributed by atoms with Gasteiger partial charge in [0.1, 0.15) is 0 Å². The fourth-order valence-corrected chi connectivity index (χ4v) is 6.07. The molecule has 1 radical (unpaired) electrons. The van der Waals surface area contributed by atoms with Gasteiger partial charge in [0.2, 0.25) is 11.6 Å². The van der Waals surface area contributed by atoms with Gasteiger partial charge in [0.25, 0.3) is 17.4 Å². The van der Waals surface area contributed by atoms with Crippen LogP contribution in [0.5, 0.6) is 5.88 Å². The summed E-state index contributed by atoms with van der Waals surface area (Å²) < 4.78 is 2.59. The number of fused-ring (bicyclic) bond motifs is 1. The molecule has 11 heteroatoms. The van der Waals surface area contributed by atoms with Gasteiger partial charge in [-0.25, -0.2) is 4.79 Å². The SMILES string of the molecule is CC(C)CN1C(=O)c2cccc(N=Nc3c(O)n(C4CCCCC4)c(=O)n(C4CCCCC4)c3=O)c2C1=O.[Cu+2]. The number of rotatable bonds is 6. The third-order valence-corrected chi connectivity index (χ3v) is 7.94. The van der Waals surface area contributed by atoms with Gasteiger partial charge in [0.05, 0.1) is 16.8 Å². The van der Waals surface area contributed by atoms with Crippen molar-refractivity contribution in [3.63, 3.8) is 0 Å². The number of carbonyl (C=O) groups is 2. The van der Waals surface area contributed by atoms with E-state index < -0.39 is 23.0 Å². The summed E-state index contributed by atoms with van der Waals surface area (Å²) in [6.07, 6.45) is 8.78. The molecule has 5 rings (SSSR count). The van der Waals surface area contributed by atoms with Gasteiger partial charge in [-0.3, -0.25) is 28.4 Å². The average molecular weight is 585 g/mol. The van der Waals surface area contributed by atoms with Crippen LogP contribution in [-0.4, -0.2) is 37.5 Å². The Morgan fingerprint density at radius 1 is 0.846 bits per heavy atom. The normalized spacial score (nSPS) is 18.7. The molecule has 0 spiro atoms. The van der Waals surface area contributed by atoms with E-state index in [-0.39, 0.29) is 70.0 Å². The van der Waals surface area contributed by atoms with Crippen LogP contribution < -0.4 is 11.2 Å². The largest absolute Gasteiger partial charge is 2.00 e. The molecule has 2 aromatic rings. The average Bonchev–Trinajstić information content (AvgIpc) is 3.15. The second kappa shape index (κ2) is 12.0. The molecule has 211 valence electrons. The van der Waals surface area contributed by atoms with Crippen LogP contribution in [0.4, 0.5) is 11.4 Å². The van der Waals surface area contributed by atoms with E-state index in [2.05, 4.69) is 10.2 Å². The van der Waals surface area contributed by atoms with E-state index in [1.807, 2.05) is 13.8 Å². The third-order valence-electron chi connectivity index (χ3n) is 7.94. The first-order valence-electron chi connectivity index (χ1n) is 13.8. The van der Waals surface area contributed by atoms with Crippen molar-refractivity contribution in [2.75, 3.05) is 6.54 Å². The Hall–Kier alpha value is -3.04. The van der Waals surface area contributed by atoms with Crippen molar-refractivity contribution in [1.29, 1.82) is 0 Å². The second-order valence-corrected chi connectivity index (χ2v) is 11.1. The van der Waals surface area contributed by atoms with Gasteiger partial charge in [-0.05, 0) is 43.7 Å². The summed E-state index contributed by atoms with van der Waals surface area (Å²) >= 11 is 0. The van der Waals surface area contributed by atoms with Crippen molar-refractivity contribution in [2.24, 2.45) is 16.1 Å². The fraction of sp³-hybridized carbons (Fsp3) is 0.571. The zero-order valence-corrected chi connectivity index (χ0v) is 23.3. The van der Waals surface area contributed by atoms with E-state index in [1.54, 1.807) is 18.2 Å². The topological polar surface area (TPSA) is 126 Å². The molecule has 1 aliphatic heterocycles. The first-order chi connectivity index (χ1) is 18.3. The van der Waals surface area contributed by atoms with Crippen LogP contribution in [-0.2, 0) is 17.1 Å². The molecule has 1 aromatic heterocycles. The number of aromatic hydroxyl groups is 1. The summed E-state index contributed by atoms with van der Waals surface area (Å²) in [5.41, 5.74) is -0.958. The minimum absolute atomic E-state index is 0. The molecule has 0 atom stereocenters. The smallest absolute Gasteiger partial charge is 0.493 e. The number of hydrogen-bond donors (Lipinski definition) is 1. The molecule has 2 amide bonds. The molecule has 39 heavy (non-hydrogen) atoms. The maximum absolute atomic E-state index is 13.6. The van der Waals surface area contributed by atoms with Crippen LogP contribution >= 0.6 is 0 Å². The Bertz CT molecular complexity index is 1400. The quantitative estimate of drug-likeness (QED) is 0.277. The van der Waals surface area contributed by atoms with Crippen molar-refractivity contribution >= 4 is 23.2 Å². The van der Waals surface area contributed by atoms with Gasteiger partial charge in [-0.15, -0.1) is 10.2 Å². The van der Waals surface area contributed by atoms with Crippen molar-refractivity contribution in [3.05, 3.63) is 50.2 Å². The van der Waals surface area contributed by atoms with E-state index in [1.165, 1.54) is 14.0 Å². The van der Waals surface area contributed by atoms with Gasteiger partial charge < -0.3 is 5.11 Å². The molecule has 0 saturated heterocycles. The number of imide groups is 1. The molecule has 2 heterocycles. The van der Waals surface area contributed by atoms with Crippen LogP contribution in [0.2, 0.25) is 0 Å². The summed E-state index contributed by atoms with van der Waals surface area (Å²) in [5, 5.41) is 19.6. The maximum Gasteiger partial charge on any atom is 2.00 e. The van der Waals surface area contributed by atoms with E-state index in [4.69, 9.17) is 0 Å². The molecule has 3 aliphatic rings. The molecular formula is C28H35CuN5O5+2. The molecule has 2 aliphatic carbocycles. The Morgan fingerprint density at radius 3 is 2.03 bits per heavy atom. The van der Waals surface area contributed by atoms with Crippen LogP contribution in [0.1, 0.15) is 111 Å². The number of carbonyl (C=O) groups excluding carboxylic acids is 2. The number of azo groups is 1. The zero-order chi connectivity index (χ0) is 27.0. The predicted molar refractivity (Wildman–Crippen MR) is 142 cm³/mol. The zero-order valence-electron chi connectivity index (χ0n) is 22.4. The molecule has 1 aromatic carbocycles. The number of amides is 2. The van der Waals surface area contributed by atoms with Gasteiger partial charge >= 0.3 is 22.8 Å². The number of aromatic nitrogens is 2. The monoisotopic (exact) mass is 584 g/mol. The Balaban J connectivity index is 0.00000353. The summed E-state index contributed by atoms with van der Waals surface area (Å²) in [7, 11) is 0. The second-order valence-electron chi connectivity index (χ2n) is 11.1. The summed E-state index contributed by atoms with van der Waals surface area (Å²) in [6, 6.07) is 4.27. The maximum atomic E-state index is 13.6. The van der Waals surface area contributed by atoms with E-state index in [0.717, 1.165) is 64.2 Å². The molecular weight excluding hydrogens is 550 g/mol. The minimum atomic E-state index is -0.674. The van der Waals surface area contributed by atoms with Gasteiger partial charge in [-0.1, -0.05) is 58.4 Å². The molecule has 0 bridgehead atoms. The Kier molecular flexibility index (Phi) is 8.91. The first-order valence-corrected chi connectivity index (χ1v) is 13.8. The summed E-state index contributed by atoms with van der Waals surface area (Å²) in [6.45, 7) is 4.12. The molecule has 2 saturated carbocycles. The predicted octanol–water partition coefficient (Wildman–Crippen LogP) is 5.39. The van der Waals surface area contributed by atoms with Crippen molar-refractivity contribution in [2.45, 2.75) is 90.1 Å². The van der Waals surface area contributed by atoms with Crippen LogP contribution in [0, 0.1) is 5.92 Å². The molecule has 0 unspecified atom stereocenters. The number of benzene rings is 1. The van der Waals surface area contributed by atoms with Gasteiger partial charge in [-0.2, -0.15) is 0 Å². The summed E-state index contributed by atoms with van der Waals surface area (Å²) in [5.74, 6) is -1.23. The van der Waals surface area contributed by atoms with Crippen LogP contribution in [0.3, 0.4) is 0 Å². The first kappa shape index (κ1) is 29.0.